The SMILES string of the molecule is CC[C@H]1CN(I)CCC2(CC2)C1. The standard InChI is InChI=1S/C10H18IN/c1-2-9-7-10(3-4-10)5-6-12(11)8-9/h9H,2-8H2,1H3/t9-/m1/s1. The lowest BCUT2D eigenvalue weighted by atomic mass is 9.89. The second-order valence-electron chi connectivity index (χ2n) is 4.60. The highest BCUT2D eigenvalue weighted by Gasteiger charge is 2.44. The minimum absolute atomic E-state index is 0.820. The summed E-state index contributed by atoms with van der Waals surface area (Å²) >= 11 is 2.50. The van der Waals surface area contributed by atoms with Gasteiger partial charge in [-0.1, -0.05) is 13.3 Å². The molecule has 1 heterocycles. The van der Waals surface area contributed by atoms with Crippen LogP contribution >= 0.6 is 22.9 Å². The van der Waals surface area contributed by atoms with Crippen molar-refractivity contribution in [3.8, 4) is 0 Å². The van der Waals surface area contributed by atoms with E-state index in [1.165, 1.54) is 45.2 Å². The lowest BCUT2D eigenvalue weighted by molar-refractivity contribution is 0.357. The fourth-order valence-corrected chi connectivity index (χ4v) is 3.21. The van der Waals surface area contributed by atoms with Gasteiger partial charge in [-0.3, -0.25) is 0 Å². The average Bonchev–Trinajstić information content (AvgIpc) is 2.83. The van der Waals surface area contributed by atoms with Crippen molar-refractivity contribution < 1.29 is 0 Å². The van der Waals surface area contributed by atoms with Crippen LogP contribution in [0.4, 0.5) is 0 Å². The molecule has 2 aliphatic rings. The van der Waals surface area contributed by atoms with Crippen LogP contribution in [0, 0.1) is 11.3 Å². The average molecular weight is 279 g/mol. The van der Waals surface area contributed by atoms with Crippen LogP contribution in [0.2, 0.25) is 0 Å². The number of hydrogen-bond acceptors (Lipinski definition) is 1. The summed E-state index contributed by atoms with van der Waals surface area (Å²) in [5.74, 6) is 0.979. The van der Waals surface area contributed by atoms with Gasteiger partial charge in [-0.2, -0.15) is 0 Å². The first-order valence-corrected chi connectivity index (χ1v) is 6.11. The van der Waals surface area contributed by atoms with Gasteiger partial charge in [0.15, 0.2) is 0 Å². The molecule has 0 aromatic heterocycles. The Labute approximate surface area is 89.4 Å². The van der Waals surface area contributed by atoms with Crippen molar-refractivity contribution in [2.75, 3.05) is 13.1 Å². The minimum Gasteiger partial charge on any atom is -0.247 e. The molecule has 2 rings (SSSR count). The molecule has 1 atom stereocenters. The number of nitrogens with zero attached hydrogens (tertiary/aromatic N) is 1. The van der Waals surface area contributed by atoms with Gasteiger partial charge in [-0.25, -0.2) is 3.11 Å². The lowest BCUT2D eigenvalue weighted by Gasteiger charge is -2.17. The molecular weight excluding hydrogens is 261 g/mol. The molecule has 1 aliphatic carbocycles. The first kappa shape index (κ1) is 9.25. The maximum atomic E-state index is 2.50. The van der Waals surface area contributed by atoms with Crippen molar-refractivity contribution >= 4 is 22.9 Å². The Kier molecular flexibility index (Phi) is 2.66. The molecule has 1 spiro atoms. The monoisotopic (exact) mass is 279 g/mol. The third-order valence-electron chi connectivity index (χ3n) is 3.60. The van der Waals surface area contributed by atoms with E-state index in [4.69, 9.17) is 0 Å². The quantitative estimate of drug-likeness (QED) is 0.526. The lowest BCUT2D eigenvalue weighted by Crippen LogP contribution is -2.17. The van der Waals surface area contributed by atoms with E-state index < -0.39 is 0 Å². The van der Waals surface area contributed by atoms with Crippen LogP contribution in [0.1, 0.15) is 39.0 Å². The van der Waals surface area contributed by atoms with Crippen molar-refractivity contribution in [1.29, 1.82) is 0 Å². The predicted molar refractivity (Wildman–Crippen MR) is 60.3 cm³/mol. The topological polar surface area (TPSA) is 3.24 Å². The van der Waals surface area contributed by atoms with E-state index in [0.717, 1.165) is 11.3 Å². The van der Waals surface area contributed by atoms with E-state index in [1.807, 2.05) is 0 Å². The molecule has 2 fully saturated rings. The molecule has 0 unspecified atom stereocenters. The van der Waals surface area contributed by atoms with E-state index in [9.17, 15) is 0 Å². The van der Waals surface area contributed by atoms with Crippen LogP contribution in [-0.4, -0.2) is 16.2 Å². The molecule has 12 heavy (non-hydrogen) atoms. The maximum absolute atomic E-state index is 2.50. The highest BCUT2D eigenvalue weighted by Crippen LogP contribution is 2.55. The molecule has 0 aromatic carbocycles. The summed E-state index contributed by atoms with van der Waals surface area (Å²) in [4.78, 5) is 0. The van der Waals surface area contributed by atoms with E-state index >= 15 is 0 Å². The first-order valence-electron chi connectivity index (χ1n) is 5.15. The molecule has 1 saturated heterocycles. The third-order valence-corrected chi connectivity index (χ3v) is 4.47. The zero-order chi connectivity index (χ0) is 8.60. The second kappa shape index (κ2) is 3.45. The largest absolute Gasteiger partial charge is 0.247 e. The molecule has 1 nitrogen and oxygen atoms in total. The van der Waals surface area contributed by atoms with Gasteiger partial charge in [0.1, 0.15) is 0 Å². The van der Waals surface area contributed by atoms with Gasteiger partial charge < -0.3 is 0 Å². The molecule has 0 bridgehead atoms. The van der Waals surface area contributed by atoms with Crippen LogP contribution in [0.15, 0.2) is 0 Å². The molecule has 1 aliphatic heterocycles. The summed E-state index contributed by atoms with van der Waals surface area (Å²) in [5.41, 5.74) is 0.820. The van der Waals surface area contributed by atoms with Gasteiger partial charge in [-0.05, 0) is 37.0 Å². The molecule has 70 valence electrons. The fraction of sp³-hybridized carbons (Fsp3) is 1.00. The zero-order valence-electron chi connectivity index (χ0n) is 7.85. The van der Waals surface area contributed by atoms with Crippen LogP contribution in [0.5, 0.6) is 0 Å². The van der Waals surface area contributed by atoms with Crippen LogP contribution in [0.25, 0.3) is 0 Å². The predicted octanol–water partition coefficient (Wildman–Crippen LogP) is 3.24. The molecular formula is C10H18IN. The Morgan fingerprint density at radius 3 is 2.75 bits per heavy atom. The third kappa shape index (κ3) is 1.95. The molecule has 2 heteroatoms. The highest BCUT2D eigenvalue weighted by molar-refractivity contribution is 14.1. The molecule has 0 radical (unpaired) electrons. The normalized spacial score (nSPS) is 35.0. The van der Waals surface area contributed by atoms with Gasteiger partial charge in [-0.15, -0.1) is 0 Å². The zero-order valence-corrected chi connectivity index (χ0v) is 10.0. The molecule has 0 N–H and O–H groups in total. The van der Waals surface area contributed by atoms with Crippen LogP contribution in [-0.2, 0) is 0 Å². The fourth-order valence-electron chi connectivity index (χ4n) is 2.41. The van der Waals surface area contributed by atoms with Crippen molar-refractivity contribution in [3.63, 3.8) is 0 Å². The Hall–Kier alpha value is 0.690. The van der Waals surface area contributed by atoms with Crippen molar-refractivity contribution in [3.05, 3.63) is 0 Å². The van der Waals surface area contributed by atoms with E-state index in [-0.39, 0.29) is 0 Å². The highest BCUT2D eigenvalue weighted by atomic mass is 127. The van der Waals surface area contributed by atoms with Gasteiger partial charge in [0.25, 0.3) is 0 Å². The summed E-state index contributed by atoms with van der Waals surface area (Å²) in [6, 6.07) is 0. The summed E-state index contributed by atoms with van der Waals surface area (Å²) in [6.45, 7) is 5.01. The summed E-state index contributed by atoms with van der Waals surface area (Å²) in [7, 11) is 0. The number of rotatable bonds is 1. The van der Waals surface area contributed by atoms with Crippen molar-refractivity contribution in [1.82, 2.24) is 3.11 Å². The number of hydrogen-bond donors (Lipinski definition) is 0. The van der Waals surface area contributed by atoms with Gasteiger partial charge in [0.05, 0.1) is 0 Å². The second-order valence-corrected chi connectivity index (χ2v) is 5.96. The van der Waals surface area contributed by atoms with Gasteiger partial charge in [0.2, 0.25) is 0 Å². The minimum atomic E-state index is 0.820. The van der Waals surface area contributed by atoms with Crippen molar-refractivity contribution in [2.24, 2.45) is 11.3 Å². The van der Waals surface area contributed by atoms with Gasteiger partial charge in [0, 0.05) is 36.0 Å². The number of halogens is 1. The molecule has 0 aromatic rings. The van der Waals surface area contributed by atoms with E-state index in [1.54, 1.807) is 0 Å². The first-order chi connectivity index (χ1) is 5.74. The van der Waals surface area contributed by atoms with E-state index in [2.05, 4.69) is 32.9 Å². The summed E-state index contributed by atoms with van der Waals surface area (Å²) in [6.07, 6.45) is 7.40. The summed E-state index contributed by atoms with van der Waals surface area (Å²) in [5, 5.41) is 0. The molecule has 1 saturated carbocycles. The van der Waals surface area contributed by atoms with Crippen molar-refractivity contribution in [2.45, 2.75) is 39.0 Å². The van der Waals surface area contributed by atoms with Crippen LogP contribution in [0.3, 0.4) is 0 Å². The Balaban J connectivity index is 1.98. The van der Waals surface area contributed by atoms with Crippen LogP contribution < -0.4 is 0 Å². The Morgan fingerprint density at radius 1 is 1.42 bits per heavy atom. The van der Waals surface area contributed by atoms with Gasteiger partial charge >= 0.3 is 0 Å². The molecule has 0 amide bonds. The maximum Gasteiger partial charge on any atom is 0.0201 e. The van der Waals surface area contributed by atoms with E-state index in [0.29, 0.717) is 0 Å². The Morgan fingerprint density at radius 2 is 2.17 bits per heavy atom. The Bertz CT molecular complexity index is 165. The smallest absolute Gasteiger partial charge is 0.0201 e. The summed E-state index contributed by atoms with van der Waals surface area (Å²) < 4.78 is 2.50.